The highest BCUT2D eigenvalue weighted by atomic mass is 16.3. The maximum Gasteiger partial charge on any atom is 0.172 e. The summed E-state index contributed by atoms with van der Waals surface area (Å²) in [7, 11) is 0. The van der Waals surface area contributed by atoms with Crippen molar-refractivity contribution in [2.75, 3.05) is 0 Å². The maximum absolute atomic E-state index is 10.00. The van der Waals surface area contributed by atoms with Crippen LogP contribution in [0.5, 0.6) is 5.75 Å². The van der Waals surface area contributed by atoms with Crippen LogP contribution in [-0.4, -0.2) is 24.7 Å². The fourth-order valence-corrected chi connectivity index (χ4v) is 1.96. The van der Waals surface area contributed by atoms with Gasteiger partial charge in [0.25, 0.3) is 0 Å². The average molecular weight is 240 g/mol. The van der Waals surface area contributed by atoms with Gasteiger partial charge >= 0.3 is 0 Å². The first-order valence-electron chi connectivity index (χ1n) is 5.62. The second-order valence-corrected chi connectivity index (χ2v) is 3.90. The van der Waals surface area contributed by atoms with Crippen LogP contribution < -0.4 is 0 Å². The standard InChI is InChI=1S/C13H12N4O/c18-12-6-2-1-5-11(12)13(16-9-3-7-14-16)17-10-4-8-15-17/h1-10,13,18H. The minimum Gasteiger partial charge on any atom is -0.508 e. The van der Waals surface area contributed by atoms with E-state index in [0.717, 1.165) is 5.56 Å². The van der Waals surface area contributed by atoms with Crippen LogP contribution in [0.1, 0.15) is 11.7 Å². The Morgan fingerprint density at radius 2 is 1.50 bits per heavy atom. The zero-order valence-electron chi connectivity index (χ0n) is 9.59. The number of hydrogen-bond acceptors (Lipinski definition) is 3. The van der Waals surface area contributed by atoms with Crippen LogP contribution in [0.3, 0.4) is 0 Å². The van der Waals surface area contributed by atoms with E-state index in [1.165, 1.54) is 0 Å². The molecule has 5 heteroatoms. The molecule has 0 atom stereocenters. The molecule has 3 rings (SSSR count). The van der Waals surface area contributed by atoms with Crippen LogP contribution >= 0.6 is 0 Å². The van der Waals surface area contributed by atoms with E-state index in [-0.39, 0.29) is 11.9 Å². The Kier molecular flexibility index (Phi) is 2.57. The summed E-state index contributed by atoms with van der Waals surface area (Å²) in [6.45, 7) is 0. The quantitative estimate of drug-likeness (QED) is 0.760. The van der Waals surface area contributed by atoms with Gasteiger partial charge in [-0.15, -0.1) is 0 Å². The largest absolute Gasteiger partial charge is 0.508 e. The normalized spacial score (nSPS) is 10.9. The number of aromatic hydroxyl groups is 1. The van der Waals surface area contributed by atoms with E-state index in [2.05, 4.69) is 10.2 Å². The molecule has 5 nitrogen and oxygen atoms in total. The Hall–Kier alpha value is -2.56. The predicted molar refractivity (Wildman–Crippen MR) is 66.1 cm³/mol. The van der Waals surface area contributed by atoms with Crippen molar-refractivity contribution in [1.29, 1.82) is 0 Å². The number of phenolic OH excluding ortho intramolecular Hbond substituents is 1. The summed E-state index contributed by atoms with van der Waals surface area (Å²) in [6.07, 6.45) is 6.82. The summed E-state index contributed by atoms with van der Waals surface area (Å²) in [5.41, 5.74) is 0.755. The van der Waals surface area contributed by atoms with Crippen molar-refractivity contribution in [1.82, 2.24) is 19.6 Å². The van der Waals surface area contributed by atoms with Gasteiger partial charge in [0.2, 0.25) is 0 Å². The first-order chi connectivity index (χ1) is 8.86. The molecule has 0 aliphatic rings. The Labute approximate surface area is 104 Å². The van der Waals surface area contributed by atoms with Gasteiger partial charge in [0.05, 0.1) is 0 Å². The molecular formula is C13H12N4O. The molecule has 0 radical (unpaired) electrons. The number of phenols is 1. The Bertz CT molecular complexity index is 582. The summed E-state index contributed by atoms with van der Waals surface area (Å²) in [4.78, 5) is 0. The molecular weight excluding hydrogens is 228 g/mol. The minimum atomic E-state index is -0.281. The zero-order chi connectivity index (χ0) is 12.4. The molecule has 18 heavy (non-hydrogen) atoms. The lowest BCUT2D eigenvalue weighted by atomic mass is 10.1. The van der Waals surface area contributed by atoms with Crippen LogP contribution in [0.25, 0.3) is 0 Å². The van der Waals surface area contributed by atoms with Gasteiger partial charge in [-0.05, 0) is 18.2 Å². The molecule has 0 spiro atoms. The Morgan fingerprint density at radius 1 is 0.889 bits per heavy atom. The summed E-state index contributed by atoms with van der Waals surface area (Å²) < 4.78 is 3.50. The van der Waals surface area contributed by atoms with E-state index in [1.54, 1.807) is 33.9 Å². The first-order valence-corrected chi connectivity index (χ1v) is 5.62. The number of aromatic nitrogens is 4. The van der Waals surface area contributed by atoms with E-state index in [9.17, 15) is 5.11 Å². The summed E-state index contributed by atoms with van der Waals surface area (Å²) in [6, 6.07) is 10.9. The van der Waals surface area contributed by atoms with Crippen molar-refractivity contribution in [2.45, 2.75) is 6.17 Å². The third-order valence-corrected chi connectivity index (χ3v) is 2.77. The third-order valence-electron chi connectivity index (χ3n) is 2.77. The van der Waals surface area contributed by atoms with Crippen molar-refractivity contribution in [2.24, 2.45) is 0 Å². The molecule has 2 heterocycles. The van der Waals surface area contributed by atoms with E-state index in [1.807, 2.05) is 36.7 Å². The fourth-order valence-electron chi connectivity index (χ4n) is 1.96. The molecule has 0 saturated carbocycles. The molecule has 0 unspecified atom stereocenters. The van der Waals surface area contributed by atoms with Gasteiger partial charge in [-0.2, -0.15) is 10.2 Å². The van der Waals surface area contributed by atoms with Gasteiger partial charge in [0.15, 0.2) is 6.17 Å². The number of nitrogens with zero attached hydrogens (tertiary/aromatic N) is 4. The molecule has 2 aromatic heterocycles. The summed E-state index contributed by atoms with van der Waals surface area (Å²) in [5.74, 6) is 0.230. The number of hydrogen-bond donors (Lipinski definition) is 1. The van der Waals surface area contributed by atoms with Gasteiger partial charge in [-0.3, -0.25) is 0 Å². The molecule has 0 amide bonds. The summed E-state index contributed by atoms with van der Waals surface area (Å²) in [5, 5.41) is 18.5. The second kappa shape index (κ2) is 4.37. The molecule has 0 aliphatic heterocycles. The van der Waals surface area contributed by atoms with E-state index in [0.29, 0.717) is 0 Å². The number of rotatable bonds is 3. The highest BCUT2D eigenvalue weighted by molar-refractivity contribution is 5.34. The van der Waals surface area contributed by atoms with Crippen molar-refractivity contribution >= 4 is 0 Å². The van der Waals surface area contributed by atoms with Crippen LogP contribution in [0.15, 0.2) is 61.2 Å². The van der Waals surface area contributed by atoms with Gasteiger partial charge < -0.3 is 5.11 Å². The minimum absolute atomic E-state index is 0.230. The zero-order valence-corrected chi connectivity index (χ0v) is 9.59. The monoisotopic (exact) mass is 240 g/mol. The number of benzene rings is 1. The lowest BCUT2D eigenvalue weighted by Gasteiger charge is -2.19. The molecule has 0 fully saturated rings. The molecule has 3 aromatic rings. The molecule has 0 bridgehead atoms. The van der Waals surface area contributed by atoms with Crippen LogP contribution in [0.2, 0.25) is 0 Å². The van der Waals surface area contributed by atoms with Crippen LogP contribution in [0, 0.1) is 0 Å². The topological polar surface area (TPSA) is 55.9 Å². The van der Waals surface area contributed by atoms with E-state index >= 15 is 0 Å². The van der Waals surface area contributed by atoms with Crippen LogP contribution in [-0.2, 0) is 0 Å². The fraction of sp³-hybridized carbons (Fsp3) is 0.0769. The third kappa shape index (κ3) is 1.75. The lowest BCUT2D eigenvalue weighted by molar-refractivity contribution is 0.391. The van der Waals surface area contributed by atoms with Crippen LogP contribution in [0.4, 0.5) is 0 Å². The molecule has 0 saturated heterocycles. The SMILES string of the molecule is Oc1ccccc1C(n1cccn1)n1cccn1. The van der Waals surface area contributed by atoms with Gasteiger partial charge in [-0.1, -0.05) is 18.2 Å². The Balaban J connectivity index is 2.15. The van der Waals surface area contributed by atoms with Gasteiger partial charge in [0, 0.05) is 30.4 Å². The van der Waals surface area contributed by atoms with Crippen molar-refractivity contribution in [3.63, 3.8) is 0 Å². The number of para-hydroxylation sites is 1. The molecule has 0 aliphatic carbocycles. The predicted octanol–water partition coefficient (Wildman–Crippen LogP) is 1.88. The molecule has 1 N–H and O–H groups in total. The highest BCUT2D eigenvalue weighted by Gasteiger charge is 2.19. The van der Waals surface area contributed by atoms with Gasteiger partial charge in [0.1, 0.15) is 5.75 Å². The first kappa shape index (κ1) is 10.6. The smallest absolute Gasteiger partial charge is 0.172 e. The molecule has 1 aromatic carbocycles. The van der Waals surface area contributed by atoms with E-state index < -0.39 is 0 Å². The maximum atomic E-state index is 10.00. The van der Waals surface area contributed by atoms with Crippen molar-refractivity contribution < 1.29 is 5.11 Å². The lowest BCUT2D eigenvalue weighted by Crippen LogP contribution is -2.20. The average Bonchev–Trinajstić information content (AvgIpc) is 3.05. The van der Waals surface area contributed by atoms with E-state index in [4.69, 9.17) is 0 Å². The van der Waals surface area contributed by atoms with Gasteiger partial charge in [-0.25, -0.2) is 9.36 Å². The summed E-state index contributed by atoms with van der Waals surface area (Å²) >= 11 is 0. The Morgan fingerprint density at radius 3 is 2.00 bits per heavy atom. The second-order valence-electron chi connectivity index (χ2n) is 3.90. The highest BCUT2D eigenvalue weighted by Crippen LogP contribution is 2.27. The van der Waals surface area contributed by atoms with Crippen molar-refractivity contribution in [3.8, 4) is 5.75 Å². The molecule has 90 valence electrons. The van der Waals surface area contributed by atoms with Crippen molar-refractivity contribution in [3.05, 3.63) is 66.7 Å².